The third kappa shape index (κ3) is 6.95. The fourth-order valence-electron chi connectivity index (χ4n) is 5.15. The van der Waals surface area contributed by atoms with E-state index in [9.17, 15) is 0 Å². The maximum absolute atomic E-state index is 6.47. The zero-order chi connectivity index (χ0) is 23.6. The highest BCUT2D eigenvalue weighted by atomic mass is 16.5. The van der Waals surface area contributed by atoms with E-state index in [1.165, 1.54) is 30.4 Å². The minimum atomic E-state index is 0.302. The Morgan fingerprint density at radius 2 is 1.76 bits per heavy atom. The summed E-state index contributed by atoms with van der Waals surface area (Å²) in [4.78, 5) is 2.62. The van der Waals surface area contributed by atoms with Gasteiger partial charge in [0.2, 0.25) is 0 Å². The number of nitrogens with zero attached hydrogens (tertiary/aromatic N) is 1. The SMILES string of the molecule is COc1cc(CCO[C@H]2CCCCC2N2CC[C@@H](OCc3ccccc3)C2)ccc1OCCN. The van der Waals surface area contributed by atoms with E-state index in [0.717, 1.165) is 50.5 Å². The summed E-state index contributed by atoms with van der Waals surface area (Å²) in [6, 6.07) is 17.1. The summed E-state index contributed by atoms with van der Waals surface area (Å²) < 4.78 is 23.9. The molecule has 2 aromatic carbocycles. The average Bonchev–Trinajstić information content (AvgIpc) is 3.36. The van der Waals surface area contributed by atoms with E-state index in [2.05, 4.69) is 35.2 Å². The topological polar surface area (TPSA) is 66.2 Å². The Balaban J connectivity index is 1.25. The maximum atomic E-state index is 6.47. The zero-order valence-corrected chi connectivity index (χ0v) is 20.5. The van der Waals surface area contributed by atoms with Crippen LogP contribution in [0.4, 0.5) is 0 Å². The lowest BCUT2D eigenvalue weighted by atomic mass is 9.91. The van der Waals surface area contributed by atoms with Gasteiger partial charge in [-0.05, 0) is 48.9 Å². The summed E-state index contributed by atoms with van der Waals surface area (Å²) in [6.45, 7) is 4.50. The van der Waals surface area contributed by atoms with Crippen LogP contribution in [-0.2, 0) is 22.5 Å². The predicted octanol–water partition coefficient (Wildman–Crippen LogP) is 4.19. The third-order valence-corrected chi connectivity index (χ3v) is 6.97. The summed E-state index contributed by atoms with van der Waals surface area (Å²) in [5.41, 5.74) is 7.98. The molecule has 0 radical (unpaired) electrons. The first-order valence-electron chi connectivity index (χ1n) is 12.8. The number of methoxy groups -OCH3 is 1. The molecular formula is C28H40N2O4. The van der Waals surface area contributed by atoms with Crippen molar-refractivity contribution >= 4 is 0 Å². The lowest BCUT2D eigenvalue weighted by Gasteiger charge is -2.38. The number of hydrogen-bond donors (Lipinski definition) is 1. The number of likely N-dealkylation sites (tertiary alicyclic amines) is 1. The van der Waals surface area contributed by atoms with Crippen LogP contribution in [0.1, 0.15) is 43.2 Å². The Kier molecular flexibility index (Phi) is 9.63. The van der Waals surface area contributed by atoms with Crippen molar-refractivity contribution in [3.63, 3.8) is 0 Å². The van der Waals surface area contributed by atoms with Crippen molar-refractivity contribution in [1.29, 1.82) is 0 Å². The number of hydrogen-bond acceptors (Lipinski definition) is 6. The second-order valence-electron chi connectivity index (χ2n) is 9.34. The Morgan fingerprint density at radius 3 is 2.59 bits per heavy atom. The summed E-state index contributed by atoms with van der Waals surface area (Å²) in [7, 11) is 1.67. The maximum Gasteiger partial charge on any atom is 0.161 e. The van der Waals surface area contributed by atoms with Gasteiger partial charge in [-0.2, -0.15) is 0 Å². The fourth-order valence-corrected chi connectivity index (χ4v) is 5.15. The quantitative estimate of drug-likeness (QED) is 0.504. The highest BCUT2D eigenvalue weighted by molar-refractivity contribution is 5.43. The number of benzene rings is 2. The van der Waals surface area contributed by atoms with Crippen molar-refractivity contribution in [2.75, 3.05) is 40.0 Å². The Labute approximate surface area is 204 Å². The first-order chi connectivity index (χ1) is 16.8. The van der Waals surface area contributed by atoms with E-state index in [1.54, 1.807) is 7.11 Å². The van der Waals surface area contributed by atoms with Gasteiger partial charge in [-0.1, -0.05) is 49.2 Å². The molecule has 186 valence electrons. The van der Waals surface area contributed by atoms with E-state index in [0.29, 0.717) is 38.0 Å². The van der Waals surface area contributed by atoms with Gasteiger partial charge in [-0.3, -0.25) is 4.90 Å². The molecule has 0 amide bonds. The van der Waals surface area contributed by atoms with Crippen molar-refractivity contribution < 1.29 is 18.9 Å². The van der Waals surface area contributed by atoms with Gasteiger partial charge in [0.05, 0.1) is 32.5 Å². The van der Waals surface area contributed by atoms with Crippen molar-refractivity contribution in [2.24, 2.45) is 5.73 Å². The van der Waals surface area contributed by atoms with E-state index in [1.807, 2.05) is 18.2 Å². The monoisotopic (exact) mass is 468 g/mol. The van der Waals surface area contributed by atoms with Crippen molar-refractivity contribution in [3.8, 4) is 11.5 Å². The molecule has 1 saturated carbocycles. The normalized spacial score (nSPS) is 23.2. The van der Waals surface area contributed by atoms with Gasteiger partial charge >= 0.3 is 0 Å². The van der Waals surface area contributed by atoms with Crippen LogP contribution in [0.25, 0.3) is 0 Å². The predicted molar refractivity (Wildman–Crippen MR) is 134 cm³/mol. The van der Waals surface area contributed by atoms with Crippen LogP contribution >= 0.6 is 0 Å². The molecule has 2 aliphatic rings. The minimum absolute atomic E-state index is 0.302. The molecule has 0 aromatic heterocycles. The van der Waals surface area contributed by atoms with Crippen molar-refractivity contribution in [3.05, 3.63) is 59.7 Å². The molecule has 0 bridgehead atoms. The van der Waals surface area contributed by atoms with Crippen LogP contribution in [0.2, 0.25) is 0 Å². The second-order valence-corrected chi connectivity index (χ2v) is 9.34. The molecule has 3 atom stereocenters. The smallest absolute Gasteiger partial charge is 0.161 e. The highest BCUT2D eigenvalue weighted by Gasteiger charge is 2.35. The van der Waals surface area contributed by atoms with E-state index in [4.69, 9.17) is 24.7 Å². The summed E-state index contributed by atoms with van der Waals surface area (Å²) in [6.07, 6.45) is 7.49. The van der Waals surface area contributed by atoms with Gasteiger partial charge in [0.15, 0.2) is 11.5 Å². The van der Waals surface area contributed by atoms with Crippen LogP contribution < -0.4 is 15.2 Å². The molecule has 2 N–H and O–H groups in total. The Morgan fingerprint density at radius 1 is 0.912 bits per heavy atom. The Hall–Kier alpha value is -2.12. The number of nitrogens with two attached hydrogens (primary N) is 1. The van der Waals surface area contributed by atoms with Crippen molar-refractivity contribution in [1.82, 2.24) is 4.90 Å². The molecule has 6 nitrogen and oxygen atoms in total. The lowest BCUT2D eigenvalue weighted by Crippen LogP contribution is -2.46. The van der Waals surface area contributed by atoms with Crippen LogP contribution in [0.3, 0.4) is 0 Å². The lowest BCUT2D eigenvalue weighted by molar-refractivity contribution is -0.0352. The van der Waals surface area contributed by atoms with E-state index in [-0.39, 0.29) is 0 Å². The molecule has 34 heavy (non-hydrogen) atoms. The molecule has 1 heterocycles. The van der Waals surface area contributed by atoms with Crippen LogP contribution in [0, 0.1) is 0 Å². The number of rotatable bonds is 12. The van der Waals surface area contributed by atoms with Gasteiger partial charge in [-0.25, -0.2) is 0 Å². The van der Waals surface area contributed by atoms with Crippen molar-refractivity contribution in [2.45, 2.75) is 63.4 Å². The zero-order valence-electron chi connectivity index (χ0n) is 20.5. The van der Waals surface area contributed by atoms with Gasteiger partial charge < -0.3 is 24.7 Å². The highest BCUT2D eigenvalue weighted by Crippen LogP contribution is 2.30. The molecule has 1 aliphatic carbocycles. The molecule has 1 unspecified atom stereocenters. The molecule has 4 rings (SSSR count). The second kappa shape index (κ2) is 13.1. The van der Waals surface area contributed by atoms with Gasteiger partial charge in [0.25, 0.3) is 0 Å². The number of ether oxygens (including phenoxy) is 4. The molecule has 2 aromatic rings. The molecule has 6 heteroatoms. The molecule has 1 aliphatic heterocycles. The standard InChI is InChI=1S/C28H40N2O4/c1-31-28-19-22(11-12-27(28)33-18-15-29)14-17-32-26-10-6-5-9-25(26)30-16-13-24(20-30)34-21-23-7-3-2-4-8-23/h2-4,7-8,11-12,19,24-26H,5-6,9-10,13-18,20-21,29H2,1H3/t24-,25?,26+/m1/s1. The van der Waals surface area contributed by atoms with Gasteiger partial charge in [0, 0.05) is 25.7 Å². The Bertz CT molecular complexity index is 863. The van der Waals surface area contributed by atoms with Crippen LogP contribution in [-0.4, -0.2) is 63.1 Å². The molecule has 0 spiro atoms. The average molecular weight is 469 g/mol. The fraction of sp³-hybridized carbons (Fsp3) is 0.571. The van der Waals surface area contributed by atoms with E-state index >= 15 is 0 Å². The van der Waals surface area contributed by atoms with Gasteiger partial charge in [0.1, 0.15) is 6.61 Å². The van der Waals surface area contributed by atoms with E-state index < -0.39 is 0 Å². The summed E-state index contributed by atoms with van der Waals surface area (Å²) in [5.74, 6) is 1.49. The molecule has 2 fully saturated rings. The first-order valence-corrected chi connectivity index (χ1v) is 12.8. The third-order valence-electron chi connectivity index (χ3n) is 6.97. The molecule has 1 saturated heterocycles. The summed E-state index contributed by atoms with van der Waals surface area (Å²) >= 11 is 0. The van der Waals surface area contributed by atoms with Crippen LogP contribution in [0.15, 0.2) is 48.5 Å². The summed E-state index contributed by atoms with van der Waals surface area (Å²) in [5, 5.41) is 0. The molecular weight excluding hydrogens is 428 g/mol. The minimum Gasteiger partial charge on any atom is -0.493 e. The van der Waals surface area contributed by atoms with Crippen LogP contribution in [0.5, 0.6) is 11.5 Å². The largest absolute Gasteiger partial charge is 0.493 e. The first kappa shape index (κ1) is 25.0. The van der Waals surface area contributed by atoms with Gasteiger partial charge in [-0.15, -0.1) is 0 Å².